The van der Waals surface area contributed by atoms with Crippen molar-refractivity contribution in [2.45, 2.75) is 87.6 Å². The number of rotatable bonds is 17. The molecule has 310 valence electrons. The second-order valence-corrected chi connectivity index (χ2v) is 16.1. The van der Waals surface area contributed by atoms with Crippen LogP contribution in [0.4, 0.5) is 4.79 Å². The molecule has 5 atom stereocenters. The fourth-order valence-corrected chi connectivity index (χ4v) is 8.09. The van der Waals surface area contributed by atoms with Crippen LogP contribution in [-0.4, -0.2) is 89.4 Å². The van der Waals surface area contributed by atoms with Gasteiger partial charge in [-0.1, -0.05) is 91.0 Å². The summed E-state index contributed by atoms with van der Waals surface area (Å²) in [6.45, 7) is 2.21. The SMILES string of the molecule is O=C(N[C@H](CCc1ccccc1)C(=O)N1C[C@H](OCC2=CCC(Cl)C=C2)C[C@H]1C(=O)NC(CCC1CCNCC1)C(=O)c1nc2ccccc2o1)OCc1ccccc1. The number of Topliss-reactive ketones (excluding diaryl/α,β-unsaturated/α-hetero) is 1. The zero-order chi connectivity index (χ0) is 41.0. The molecule has 13 heteroatoms. The Bertz CT molecular complexity index is 2070. The lowest BCUT2D eigenvalue weighted by Gasteiger charge is -2.30. The lowest BCUT2D eigenvalue weighted by atomic mass is 9.90. The van der Waals surface area contributed by atoms with Crippen LogP contribution in [0.3, 0.4) is 0 Å². The summed E-state index contributed by atoms with van der Waals surface area (Å²) in [5, 5.41) is 9.15. The number of allylic oxidation sites excluding steroid dienone is 2. The summed E-state index contributed by atoms with van der Waals surface area (Å²) in [5.74, 6) is -1.04. The first kappa shape index (κ1) is 41.8. The van der Waals surface area contributed by atoms with Crippen molar-refractivity contribution in [1.29, 1.82) is 0 Å². The van der Waals surface area contributed by atoms with E-state index in [4.69, 9.17) is 25.5 Å². The molecule has 0 saturated carbocycles. The first-order valence-electron chi connectivity index (χ1n) is 20.6. The summed E-state index contributed by atoms with van der Waals surface area (Å²) in [5.41, 5.74) is 3.78. The number of alkyl halides is 1. The van der Waals surface area contributed by atoms with Gasteiger partial charge < -0.3 is 34.7 Å². The lowest BCUT2D eigenvalue weighted by Crippen LogP contribution is -2.55. The Kier molecular flexibility index (Phi) is 14.6. The Balaban J connectivity index is 1.12. The molecule has 59 heavy (non-hydrogen) atoms. The molecule has 1 aromatic heterocycles. The fourth-order valence-electron chi connectivity index (χ4n) is 7.93. The largest absolute Gasteiger partial charge is 0.445 e. The van der Waals surface area contributed by atoms with Crippen molar-refractivity contribution >= 4 is 46.4 Å². The van der Waals surface area contributed by atoms with Crippen molar-refractivity contribution in [2.75, 3.05) is 26.2 Å². The molecule has 7 rings (SSSR count). The molecule has 2 aliphatic heterocycles. The molecule has 2 saturated heterocycles. The number of carbonyl (C=O) groups is 4. The van der Waals surface area contributed by atoms with E-state index in [-0.39, 0.29) is 43.9 Å². The number of ether oxygens (including phenoxy) is 2. The summed E-state index contributed by atoms with van der Waals surface area (Å²) >= 11 is 6.25. The molecule has 0 spiro atoms. The minimum absolute atomic E-state index is 0.0264. The third-order valence-electron chi connectivity index (χ3n) is 11.3. The van der Waals surface area contributed by atoms with Crippen LogP contribution in [0.15, 0.2) is 113 Å². The number of piperidine rings is 1. The van der Waals surface area contributed by atoms with Crippen molar-refractivity contribution in [3.63, 3.8) is 0 Å². The second-order valence-electron chi connectivity index (χ2n) is 15.5. The Hall–Kier alpha value is -5.30. The highest BCUT2D eigenvalue weighted by molar-refractivity contribution is 6.22. The van der Waals surface area contributed by atoms with E-state index in [1.54, 1.807) is 12.1 Å². The van der Waals surface area contributed by atoms with Gasteiger partial charge in [0.25, 0.3) is 5.89 Å². The van der Waals surface area contributed by atoms with Gasteiger partial charge >= 0.3 is 6.09 Å². The van der Waals surface area contributed by atoms with Crippen molar-refractivity contribution in [3.8, 4) is 0 Å². The smallest absolute Gasteiger partial charge is 0.408 e. The number of likely N-dealkylation sites (tertiary alicyclic amines) is 1. The van der Waals surface area contributed by atoms with Gasteiger partial charge in [-0.3, -0.25) is 14.4 Å². The Morgan fingerprint density at radius 3 is 2.34 bits per heavy atom. The summed E-state index contributed by atoms with van der Waals surface area (Å²) in [4.78, 5) is 62.7. The highest BCUT2D eigenvalue weighted by Gasteiger charge is 2.44. The molecule has 3 aromatic carbocycles. The van der Waals surface area contributed by atoms with Gasteiger partial charge in [0.05, 0.1) is 24.1 Å². The van der Waals surface area contributed by atoms with E-state index in [1.165, 1.54) is 4.90 Å². The van der Waals surface area contributed by atoms with Gasteiger partial charge in [-0.25, -0.2) is 9.78 Å². The number of amides is 3. The molecule has 0 radical (unpaired) electrons. The van der Waals surface area contributed by atoms with E-state index in [2.05, 4.69) is 20.9 Å². The maximum absolute atomic E-state index is 14.7. The molecule has 2 fully saturated rings. The zero-order valence-corrected chi connectivity index (χ0v) is 33.9. The summed E-state index contributed by atoms with van der Waals surface area (Å²) in [6, 6.07) is 23.2. The zero-order valence-electron chi connectivity index (χ0n) is 33.1. The number of fused-ring (bicyclic) bond motifs is 1. The second kappa shape index (κ2) is 20.6. The molecular weight excluding hydrogens is 770 g/mol. The Morgan fingerprint density at radius 1 is 0.881 bits per heavy atom. The van der Waals surface area contributed by atoms with Gasteiger partial charge in [0.15, 0.2) is 5.58 Å². The predicted molar refractivity (Wildman–Crippen MR) is 225 cm³/mol. The van der Waals surface area contributed by atoms with Crippen LogP contribution in [0.2, 0.25) is 0 Å². The third kappa shape index (κ3) is 11.7. The van der Waals surface area contributed by atoms with Crippen LogP contribution in [0.5, 0.6) is 0 Å². The van der Waals surface area contributed by atoms with Crippen molar-refractivity contribution in [3.05, 3.63) is 126 Å². The minimum atomic E-state index is -1.02. The number of halogens is 1. The lowest BCUT2D eigenvalue weighted by molar-refractivity contribution is -0.140. The van der Waals surface area contributed by atoms with E-state index >= 15 is 0 Å². The number of para-hydroxylation sites is 2. The molecule has 0 bridgehead atoms. The number of nitrogens with zero attached hydrogens (tertiary/aromatic N) is 2. The normalized spacial score (nSPS) is 20.5. The van der Waals surface area contributed by atoms with E-state index in [1.807, 2.05) is 91.0 Å². The summed E-state index contributed by atoms with van der Waals surface area (Å²) in [6.07, 6.45) is 9.29. The first-order chi connectivity index (χ1) is 28.8. The predicted octanol–water partition coefficient (Wildman–Crippen LogP) is 6.68. The molecular formula is C46H52ClN5O7. The van der Waals surface area contributed by atoms with Gasteiger partial charge in [-0.2, -0.15) is 0 Å². The average Bonchev–Trinajstić information content (AvgIpc) is 3.91. The number of ketones is 1. The summed E-state index contributed by atoms with van der Waals surface area (Å²) in [7, 11) is 0. The van der Waals surface area contributed by atoms with Crippen LogP contribution >= 0.6 is 11.6 Å². The first-order valence-corrected chi connectivity index (χ1v) is 21.1. The monoisotopic (exact) mass is 821 g/mol. The number of benzene rings is 3. The van der Waals surface area contributed by atoms with Crippen LogP contribution in [-0.2, 0) is 32.1 Å². The maximum Gasteiger partial charge on any atom is 0.408 e. The standard InChI is InChI=1S/C46H52ClN5O7/c47-35-19-15-34(16-20-35)29-57-36-27-40(43(54)49-38(21-17-32-23-25-48-26-24-32)42(53)44-50-37-13-7-8-14-41(37)59-44)52(28-36)45(55)39(22-18-31-9-3-1-4-10-31)51-46(56)58-30-33-11-5-2-6-12-33/h1-16,19,32,35-36,38-40,48H,17-18,20-30H2,(H,49,54)(H,51,56)/t35?,36-,38?,39-,40+/m1/s1. The topological polar surface area (TPSA) is 152 Å². The van der Waals surface area contributed by atoms with Crippen molar-refractivity contribution in [2.24, 2.45) is 5.92 Å². The van der Waals surface area contributed by atoms with Gasteiger partial charge in [0.2, 0.25) is 17.6 Å². The number of aromatic nitrogens is 1. The molecule has 3 amide bonds. The number of oxazole rings is 1. The number of nitrogens with one attached hydrogen (secondary N) is 3. The fraction of sp³-hybridized carbons (Fsp3) is 0.413. The molecule has 3 N–H and O–H groups in total. The van der Waals surface area contributed by atoms with E-state index in [9.17, 15) is 19.2 Å². The van der Waals surface area contributed by atoms with Gasteiger partial charge in [0.1, 0.15) is 24.2 Å². The molecule has 3 aliphatic rings. The number of aryl methyl sites for hydroxylation is 1. The molecule has 12 nitrogen and oxygen atoms in total. The number of hydrogen-bond acceptors (Lipinski definition) is 9. The van der Waals surface area contributed by atoms with Crippen LogP contribution in [0, 0.1) is 5.92 Å². The number of hydrogen-bond donors (Lipinski definition) is 3. The quantitative estimate of drug-likeness (QED) is 0.0783. The van der Waals surface area contributed by atoms with E-state index < -0.39 is 47.9 Å². The Morgan fingerprint density at radius 2 is 1.61 bits per heavy atom. The van der Waals surface area contributed by atoms with Gasteiger partial charge in [-0.15, -0.1) is 11.6 Å². The maximum atomic E-state index is 14.7. The minimum Gasteiger partial charge on any atom is -0.445 e. The van der Waals surface area contributed by atoms with Crippen molar-refractivity contribution in [1.82, 2.24) is 25.8 Å². The summed E-state index contributed by atoms with van der Waals surface area (Å²) < 4.78 is 17.8. The molecule has 4 aromatic rings. The average molecular weight is 822 g/mol. The van der Waals surface area contributed by atoms with E-state index in [0.29, 0.717) is 36.3 Å². The van der Waals surface area contributed by atoms with Crippen LogP contribution < -0.4 is 16.0 Å². The number of carbonyl (C=O) groups excluding carboxylic acids is 4. The van der Waals surface area contributed by atoms with Gasteiger partial charge in [0, 0.05) is 13.0 Å². The molecule has 3 heterocycles. The number of alkyl carbamates (subject to hydrolysis) is 1. The molecule has 2 unspecified atom stereocenters. The highest BCUT2D eigenvalue weighted by atomic mass is 35.5. The van der Waals surface area contributed by atoms with Crippen LogP contribution in [0.1, 0.15) is 66.8 Å². The van der Waals surface area contributed by atoms with E-state index in [0.717, 1.165) is 49.1 Å². The Labute approximate surface area is 349 Å². The van der Waals surface area contributed by atoms with Gasteiger partial charge in [-0.05, 0) is 92.8 Å². The van der Waals surface area contributed by atoms with Crippen LogP contribution in [0.25, 0.3) is 11.1 Å². The third-order valence-corrected chi connectivity index (χ3v) is 11.6. The highest BCUT2D eigenvalue weighted by Crippen LogP contribution is 2.27. The van der Waals surface area contributed by atoms with Crippen molar-refractivity contribution < 1.29 is 33.1 Å². The molecule has 1 aliphatic carbocycles.